The van der Waals surface area contributed by atoms with Gasteiger partial charge in [0, 0.05) is 5.39 Å². The standard InChI is InChI=1S/C22H16FNO2S/c1-14(15-8-10-16(23)11-9-15)26-22(25)18-13-20(21-7-4-12-27-21)24-19-6-3-2-5-17(18)19/h2-14H,1H3/t14-/m0/s1. The van der Waals surface area contributed by atoms with Gasteiger partial charge in [0.15, 0.2) is 0 Å². The summed E-state index contributed by atoms with van der Waals surface area (Å²) in [6.45, 7) is 1.77. The molecule has 0 aliphatic carbocycles. The van der Waals surface area contributed by atoms with Gasteiger partial charge in [0.05, 0.1) is 21.7 Å². The average molecular weight is 377 g/mol. The molecule has 0 aliphatic rings. The third kappa shape index (κ3) is 3.59. The number of benzene rings is 2. The Morgan fingerprint density at radius 1 is 1.07 bits per heavy atom. The number of aromatic nitrogens is 1. The summed E-state index contributed by atoms with van der Waals surface area (Å²) in [4.78, 5) is 18.6. The van der Waals surface area contributed by atoms with Crippen LogP contribution in [0.5, 0.6) is 0 Å². The molecule has 0 fully saturated rings. The second-order valence-electron chi connectivity index (χ2n) is 6.15. The molecule has 2 heterocycles. The minimum atomic E-state index is -0.491. The average Bonchev–Trinajstić information content (AvgIpc) is 3.22. The van der Waals surface area contributed by atoms with Crippen LogP contribution in [0.1, 0.15) is 28.9 Å². The van der Waals surface area contributed by atoms with E-state index in [1.807, 2.05) is 41.8 Å². The highest BCUT2D eigenvalue weighted by Gasteiger charge is 2.18. The number of pyridine rings is 1. The maximum Gasteiger partial charge on any atom is 0.339 e. The fraction of sp³-hybridized carbons (Fsp3) is 0.0909. The first-order valence-electron chi connectivity index (χ1n) is 8.52. The van der Waals surface area contributed by atoms with Crippen LogP contribution in [0, 0.1) is 5.82 Å². The topological polar surface area (TPSA) is 39.2 Å². The van der Waals surface area contributed by atoms with Gasteiger partial charge in [-0.15, -0.1) is 11.3 Å². The molecule has 27 heavy (non-hydrogen) atoms. The molecule has 0 amide bonds. The number of halogens is 1. The third-order valence-electron chi connectivity index (χ3n) is 4.33. The lowest BCUT2D eigenvalue weighted by atomic mass is 10.1. The van der Waals surface area contributed by atoms with Crippen LogP contribution in [0.15, 0.2) is 72.1 Å². The Morgan fingerprint density at radius 3 is 2.59 bits per heavy atom. The smallest absolute Gasteiger partial charge is 0.339 e. The summed E-state index contributed by atoms with van der Waals surface area (Å²) in [5.41, 5.74) is 2.69. The molecule has 0 saturated carbocycles. The molecule has 0 aliphatic heterocycles. The van der Waals surface area contributed by atoms with E-state index in [1.165, 1.54) is 12.1 Å². The lowest BCUT2D eigenvalue weighted by molar-refractivity contribution is 0.0340. The Bertz CT molecular complexity index is 1090. The van der Waals surface area contributed by atoms with Gasteiger partial charge in [0.1, 0.15) is 11.9 Å². The van der Waals surface area contributed by atoms with Gasteiger partial charge < -0.3 is 4.74 Å². The predicted octanol–water partition coefficient (Wildman–Crippen LogP) is 6.02. The van der Waals surface area contributed by atoms with Crippen molar-refractivity contribution >= 4 is 28.2 Å². The number of fused-ring (bicyclic) bond motifs is 1. The molecule has 4 rings (SSSR count). The number of rotatable bonds is 4. The predicted molar refractivity (Wildman–Crippen MR) is 105 cm³/mol. The maximum atomic E-state index is 13.1. The highest BCUT2D eigenvalue weighted by atomic mass is 32.1. The van der Waals surface area contributed by atoms with Crippen LogP contribution in [0.2, 0.25) is 0 Å². The number of hydrogen-bond acceptors (Lipinski definition) is 4. The van der Waals surface area contributed by atoms with Crippen molar-refractivity contribution in [2.75, 3.05) is 0 Å². The number of para-hydroxylation sites is 1. The van der Waals surface area contributed by atoms with Crippen LogP contribution in [-0.2, 0) is 4.74 Å². The number of thiophene rings is 1. The van der Waals surface area contributed by atoms with Crippen molar-refractivity contribution in [3.05, 3.63) is 89.1 Å². The summed E-state index contributed by atoms with van der Waals surface area (Å²) in [6.07, 6.45) is -0.491. The SMILES string of the molecule is C[C@H](OC(=O)c1cc(-c2cccs2)nc2ccccc12)c1ccc(F)cc1. The minimum absolute atomic E-state index is 0.321. The highest BCUT2D eigenvalue weighted by molar-refractivity contribution is 7.13. The Labute approximate surface area is 160 Å². The largest absolute Gasteiger partial charge is 0.454 e. The van der Waals surface area contributed by atoms with E-state index in [0.29, 0.717) is 5.56 Å². The van der Waals surface area contributed by atoms with Gasteiger partial charge >= 0.3 is 5.97 Å². The van der Waals surface area contributed by atoms with Crippen LogP contribution in [0.3, 0.4) is 0 Å². The molecule has 0 bridgehead atoms. The van der Waals surface area contributed by atoms with Crippen LogP contribution >= 0.6 is 11.3 Å². The first-order chi connectivity index (χ1) is 13.1. The van der Waals surface area contributed by atoms with Crippen molar-refractivity contribution in [1.82, 2.24) is 4.98 Å². The van der Waals surface area contributed by atoms with Gasteiger partial charge in [-0.1, -0.05) is 36.4 Å². The lowest BCUT2D eigenvalue weighted by Gasteiger charge is -2.15. The summed E-state index contributed by atoms with van der Waals surface area (Å²) < 4.78 is 18.8. The molecule has 2 aromatic carbocycles. The van der Waals surface area contributed by atoms with Gasteiger partial charge in [-0.3, -0.25) is 0 Å². The minimum Gasteiger partial charge on any atom is -0.454 e. The van der Waals surface area contributed by atoms with Crippen molar-refractivity contribution in [2.45, 2.75) is 13.0 Å². The molecule has 2 aromatic heterocycles. The molecule has 0 unspecified atom stereocenters. The van der Waals surface area contributed by atoms with Gasteiger partial charge in [0.25, 0.3) is 0 Å². The van der Waals surface area contributed by atoms with E-state index in [1.54, 1.807) is 36.5 Å². The van der Waals surface area contributed by atoms with E-state index in [2.05, 4.69) is 4.98 Å². The van der Waals surface area contributed by atoms with E-state index in [0.717, 1.165) is 27.0 Å². The fourth-order valence-corrected chi connectivity index (χ4v) is 3.61. The van der Waals surface area contributed by atoms with E-state index >= 15 is 0 Å². The normalized spacial score (nSPS) is 12.1. The Hall–Kier alpha value is -3.05. The molecule has 0 N–H and O–H groups in total. The monoisotopic (exact) mass is 377 g/mol. The van der Waals surface area contributed by atoms with Crippen molar-refractivity contribution in [1.29, 1.82) is 0 Å². The van der Waals surface area contributed by atoms with Crippen LogP contribution in [0.25, 0.3) is 21.5 Å². The molecule has 5 heteroatoms. The second kappa shape index (κ2) is 7.29. The fourth-order valence-electron chi connectivity index (χ4n) is 2.92. The Kier molecular flexibility index (Phi) is 4.69. The molecule has 0 saturated heterocycles. The zero-order chi connectivity index (χ0) is 18.8. The third-order valence-corrected chi connectivity index (χ3v) is 5.23. The van der Waals surface area contributed by atoms with Crippen LogP contribution in [-0.4, -0.2) is 11.0 Å². The number of esters is 1. The second-order valence-corrected chi connectivity index (χ2v) is 7.10. The first-order valence-corrected chi connectivity index (χ1v) is 9.40. The van der Waals surface area contributed by atoms with Crippen LogP contribution < -0.4 is 0 Å². The van der Waals surface area contributed by atoms with Crippen molar-refractivity contribution in [2.24, 2.45) is 0 Å². The van der Waals surface area contributed by atoms with E-state index in [4.69, 9.17) is 4.74 Å². The summed E-state index contributed by atoms with van der Waals surface area (Å²) in [7, 11) is 0. The van der Waals surface area contributed by atoms with E-state index < -0.39 is 12.1 Å². The summed E-state index contributed by atoms with van der Waals surface area (Å²) in [6, 6.07) is 19.2. The molecule has 134 valence electrons. The summed E-state index contributed by atoms with van der Waals surface area (Å²) in [5.74, 6) is -0.749. The van der Waals surface area contributed by atoms with E-state index in [-0.39, 0.29) is 5.82 Å². The number of nitrogens with zero attached hydrogens (tertiary/aromatic N) is 1. The maximum absolute atomic E-state index is 13.1. The Balaban J connectivity index is 1.71. The number of ether oxygens (including phenoxy) is 1. The number of carbonyl (C=O) groups excluding carboxylic acids is 1. The molecule has 1 atom stereocenters. The molecular weight excluding hydrogens is 361 g/mol. The zero-order valence-corrected chi connectivity index (χ0v) is 15.4. The lowest BCUT2D eigenvalue weighted by Crippen LogP contribution is -2.10. The molecular formula is C22H16FNO2S. The molecule has 0 radical (unpaired) electrons. The highest BCUT2D eigenvalue weighted by Crippen LogP contribution is 2.29. The molecule has 4 aromatic rings. The van der Waals surface area contributed by atoms with Gasteiger partial charge in [-0.2, -0.15) is 0 Å². The van der Waals surface area contributed by atoms with Crippen molar-refractivity contribution in [3.63, 3.8) is 0 Å². The summed E-state index contributed by atoms with van der Waals surface area (Å²) >= 11 is 1.57. The quantitative estimate of drug-likeness (QED) is 0.408. The Morgan fingerprint density at radius 2 is 1.85 bits per heavy atom. The van der Waals surface area contributed by atoms with Gasteiger partial charge in [-0.05, 0) is 48.2 Å². The van der Waals surface area contributed by atoms with E-state index in [9.17, 15) is 9.18 Å². The number of carbonyl (C=O) groups is 1. The van der Waals surface area contributed by atoms with Crippen molar-refractivity contribution in [3.8, 4) is 10.6 Å². The van der Waals surface area contributed by atoms with Crippen molar-refractivity contribution < 1.29 is 13.9 Å². The van der Waals surface area contributed by atoms with Gasteiger partial charge in [0.2, 0.25) is 0 Å². The van der Waals surface area contributed by atoms with Crippen LogP contribution in [0.4, 0.5) is 4.39 Å². The first kappa shape index (κ1) is 17.4. The number of hydrogen-bond donors (Lipinski definition) is 0. The summed E-state index contributed by atoms with van der Waals surface area (Å²) in [5, 5.41) is 2.72. The zero-order valence-electron chi connectivity index (χ0n) is 14.6. The molecule has 3 nitrogen and oxygen atoms in total. The molecule has 0 spiro atoms. The van der Waals surface area contributed by atoms with Gasteiger partial charge in [-0.25, -0.2) is 14.2 Å².